The number of hydrogen-bond acceptors (Lipinski definition) is 5. The Balaban J connectivity index is 1.49. The van der Waals surface area contributed by atoms with Crippen LogP contribution in [0.3, 0.4) is 0 Å². The Labute approximate surface area is 134 Å². The number of nitrogens with one attached hydrogen (secondary N) is 2. The highest BCUT2D eigenvalue weighted by Crippen LogP contribution is 2.32. The van der Waals surface area contributed by atoms with Gasteiger partial charge in [-0.3, -0.25) is 4.79 Å². The van der Waals surface area contributed by atoms with Crippen molar-refractivity contribution in [1.29, 1.82) is 0 Å². The summed E-state index contributed by atoms with van der Waals surface area (Å²) < 4.78 is 15.8. The van der Waals surface area contributed by atoms with Gasteiger partial charge in [-0.15, -0.1) is 0 Å². The van der Waals surface area contributed by atoms with Gasteiger partial charge in [0, 0.05) is 6.54 Å². The molecule has 0 bridgehead atoms. The molecule has 6 heteroatoms. The first kappa shape index (κ1) is 15.2. The maximum absolute atomic E-state index is 12.0. The van der Waals surface area contributed by atoms with Crippen LogP contribution in [0.15, 0.2) is 42.5 Å². The lowest BCUT2D eigenvalue weighted by atomic mass is 10.2. The first-order valence-corrected chi connectivity index (χ1v) is 7.28. The fourth-order valence-corrected chi connectivity index (χ4v) is 2.31. The summed E-state index contributed by atoms with van der Waals surface area (Å²) in [6.45, 7) is 1.02. The molecule has 2 aromatic carbocycles. The maximum atomic E-state index is 12.0. The van der Waals surface area contributed by atoms with E-state index in [9.17, 15) is 4.79 Å². The lowest BCUT2D eigenvalue weighted by Crippen LogP contribution is -2.27. The van der Waals surface area contributed by atoms with E-state index < -0.39 is 0 Å². The van der Waals surface area contributed by atoms with Crippen molar-refractivity contribution in [2.24, 2.45) is 0 Å². The summed E-state index contributed by atoms with van der Waals surface area (Å²) in [6, 6.07) is 13.0. The molecule has 1 aliphatic heterocycles. The van der Waals surface area contributed by atoms with Gasteiger partial charge in [0.05, 0.1) is 19.3 Å². The Morgan fingerprint density at radius 1 is 1.17 bits per heavy atom. The van der Waals surface area contributed by atoms with E-state index >= 15 is 0 Å². The summed E-state index contributed by atoms with van der Waals surface area (Å²) in [7, 11) is 1.57. The number of anilines is 1. The van der Waals surface area contributed by atoms with Crippen molar-refractivity contribution < 1.29 is 19.0 Å². The van der Waals surface area contributed by atoms with E-state index in [1.54, 1.807) is 19.2 Å². The molecule has 0 radical (unpaired) electrons. The summed E-state index contributed by atoms with van der Waals surface area (Å²) in [5.41, 5.74) is 1.68. The second-order valence-electron chi connectivity index (χ2n) is 5.04. The number of carbonyl (C=O) groups is 1. The standard InChI is InChI=1S/C17H18N2O4/c1-21-14-5-3-2-4-13(14)19-17(20)10-18-9-12-6-7-15-16(8-12)23-11-22-15/h2-8,18H,9-11H2,1H3,(H,19,20). The quantitative estimate of drug-likeness (QED) is 0.855. The van der Waals surface area contributed by atoms with E-state index in [0.717, 1.165) is 17.1 Å². The van der Waals surface area contributed by atoms with Gasteiger partial charge >= 0.3 is 0 Å². The van der Waals surface area contributed by atoms with Gasteiger partial charge in [-0.05, 0) is 29.8 Å². The highest BCUT2D eigenvalue weighted by atomic mass is 16.7. The van der Waals surface area contributed by atoms with E-state index in [2.05, 4.69) is 10.6 Å². The van der Waals surface area contributed by atoms with Crippen molar-refractivity contribution in [1.82, 2.24) is 5.32 Å². The Morgan fingerprint density at radius 3 is 2.87 bits per heavy atom. The lowest BCUT2D eigenvalue weighted by Gasteiger charge is -2.10. The zero-order chi connectivity index (χ0) is 16.1. The number of ether oxygens (including phenoxy) is 3. The molecule has 0 unspecified atom stereocenters. The minimum absolute atomic E-state index is 0.129. The van der Waals surface area contributed by atoms with E-state index in [1.807, 2.05) is 30.3 Å². The predicted octanol–water partition coefficient (Wildman–Crippen LogP) is 2.15. The molecule has 2 N–H and O–H groups in total. The highest BCUT2D eigenvalue weighted by molar-refractivity contribution is 5.93. The molecule has 0 fully saturated rings. The molecule has 23 heavy (non-hydrogen) atoms. The molecule has 0 saturated heterocycles. The topological polar surface area (TPSA) is 68.8 Å². The van der Waals surface area contributed by atoms with E-state index in [-0.39, 0.29) is 19.2 Å². The predicted molar refractivity (Wildman–Crippen MR) is 85.9 cm³/mol. The number of amides is 1. The van der Waals surface area contributed by atoms with Gasteiger partial charge in [0.2, 0.25) is 12.7 Å². The van der Waals surface area contributed by atoms with Crippen LogP contribution in [0.2, 0.25) is 0 Å². The average molecular weight is 314 g/mol. The Morgan fingerprint density at radius 2 is 2.00 bits per heavy atom. The Kier molecular flexibility index (Phi) is 4.63. The fraction of sp³-hybridized carbons (Fsp3) is 0.235. The van der Waals surface area contributed by atoms with Gasteiger partial charge in [-0.25, -0.2) is 0 Å². The van der Waals surface area contributed by atoms with Crippen LogP contribution >= 0.6 is 0 Å². The van der Waals surface area contributed by atoms with Crippen molar-refractivity contribution in [3.8, 4) is 17.2 Å². The van der Waals surface area contributed by atoms with Gasteiger partial charge in [-0.2, -0.15) is 0 Å². The third-order valence-corrected chi connectivity index (χ3v) is 3.43. The van der Waals surface area contributed by atoms with Crippen LogP contribution < -0.4 is 24.8 Å². The fourth-order valence-electron chi connectivity index (χ4n) is 2.31. The summed E-state index contributed by atoms with van der Waals surface area (Å²) in [5.74, 6) is 2.00. The molecule has 0 spiro atoms. The molecule has 0 aliphatic carbocycles. The average Bonchev–Trinajstić information content (AvgIpc) is 3.03. The first-order valence-electron chi connectivity index (χ1n) is 7.28. The van der Waals surface area contributed by atoms with Gasteiger partial charge in [-0.1, -0.05) is 18.2 Å². The molecule has 0 aromatic heterocycles. The van der Waals surface area contributed by atoms with Crippen LogP contribution in [-0.4, -0.2) is 26.4 Å². The van der Waals surface area contributed by atoms with Crippen molar-refractivity contribution >= 4 is 11.6 Å². The first-order chi connectivity index (χ1) is 11.3. The van der Waals surface area contributed by atoms with E-state index in [0.29, 0.717) is 18.0 Å². The van der Waals surface area contributed by atoms with Crippen molar-refractivity contribution in [2.45, 2.75) is 6.54 Å². The number of fused-ring (bicyclic) bond motifs is 1. The van der Waals surface area contributed by atoms with Gasteiger partial charge < -0.3 is 24.8 Å². The molecule has 3 rings (SSSR count). The molecule has 120 valence electrons. The molecule has 6 nitrogen and oxygen atoms in total. The third-order valence-electron chi connectivity index (χ3n) is 3.43. The second-order valence-corrected chi connectivity index (χ2v) is 5.04. The zero-order valence-corrected chi connectivity index (χ0v) is 12.8. The second kappa shape index (κ2) is 7.02. The molecular formula is C17H18N2O4. The van der Waals surface area contributed by atoms with E-state index in [4.69, 9.17) is 14.2 Å². The smallest absolute Gasteiger partial charge is 0.238 e. The van der Waals surface area contributed by atoms with Gasteiger partial charge in [0.1, 0.15) is 5.75 Å². The van der Waals surface area contributed by atoms with E-state index in [1.165, 1.54) is 0 Å². The SMILES string of the molecule is COc1ccccc1NC(=O)CNCc1ccc2c(c1)OCO2. The number of methoxy groups -OCH3 is 1. The Bertz CT molecular complexity index is 703. The van der Waals surface area contributed by atoms with Crippen LogP contribution in [0.5, 0.6) is 17.2 Å². The highest BCUT2D eigenvalue weighted by Gasteiger charge is 2.13. The van der Waals surface area contributed by atoms with Crippen LogP contribution in [0.1, 0.15) is 5.56 Å². The molecule has 1 heterocycles. The zero-order valence-electron chi connectivity index (χ0n) is 12.8. The molecule has 0 atom stereocenters. The van der Waals surface area contributed by atoms with Gasteiger partial charge in [0.25, 0.3) is 0 Å². The van der Waals surface area contributed by atoms with Crippen LogP contribution in [0.25, 0.3) is 0 Å². The molecule has 2 aromatic rings. The number of para-hydroxylation sites is 2. The Hall–Kier alpha value is -2.73. The normalized spacial score (nSPS) is 12.0. The van der Waals surface area contributed by atoms with Crippen LogP contribution in [0, 0.1) is 0 Å². The monoisotopic (exact) mass is 314 g/mol. The van der Waals surface area contributed by atoms with Crippen molar-refractivity contribution in [2.75, 3.05) is 25.8 Å². The molecular weight excluding hydrogens is 296 g/mol. The maximum Gasteiger partial charge on any atom is 0.238 e. The molecule has 1 amide bonds. The number of benzene rings is 2. The largest absolute Gasteiger partial charge is 0.495 e. The van der Waals surface area contributed by atoms with Crippen LogP contribution in [0.4, 0.5) is 5.69 Å². The summed E-state index contributed by atoms with van der Waals surface area (Å²) in [4.78, 5) is 12.0. The summed E-state index contributed by atoms with van der Waals surface area (Å²) in [5, 5.41) is 5.92. The summed E-state index contributed by atoms with van der Waals surface area (Å²) in [6.07, 6.45) is 0. The number of carbonyl (C=O) groups excluding carboxylic acids is 1. The number of hydrogen-bond donors (Lipinski definition) is 2. The van der Waals surface area contributed by atoms with Gasteiger partial charge in [0.15, 0.2) is 11.5 Å². The third kappa shape index (κ3) is 3.73. The summed E-state index contributed by atoms with van der Waals surface area (Å²) >= 11 is 0. The minimum atomic E-state index is -0.129. The minimum Gasteiger partial charge on any atom is -0.495 e. The van der Waals surface area contributed by atoms with Crippen molar-refractivity contribution in [3.05, 3.63) is 48.0 Å². The van der Waals surface area contributed by atoms with Crippen molar-refractivity contribution in [3.63, 3.8) is 0 Å². The lowest BCUT2D eigenvalue weighted by molar-refractivity contribution is -0.115. The molecule has 0 saturated carbocycles. The van der Waals surface area contributed by atoms with Crippen LogP contribution in [-0.2, 0) is 11.3 Å². The molecule has 1 aliphatic rings. The number of rotatable bonds is 6.